The van der Waals surface area contributed by atoms with Gasteiger partial charge < -0.3 is 9.15 Å². The van der Waals surface area contributed by atoms with E-state index in [-0.39, 0.29) is 55.5 Å². The number of ether oxygens (including phenoxy) is 1. The van der Waals surface area contributed by atoms with E-state index < -0.39 is 34.0 Å². The fourth-order valence-corrected chi connectivity index (χ4v) is 4.96. The van der Waals surface area contributed by atoms with Crippen molar-refractivity contribution in [3.05, 3.63) is 77.6 Å². The second kappa shape index (κ2) is 10.3. The van der Waals surface area contributed by atoms with Crippen molar-refractivity contribution in [3.63, 3.8) is 0 Å². The highest BCUT2D eigenvalue weighted by Crippen LogP contribution is 2.43. The summed E-state index contributed by atoms with van der Waals surface area (Å²) in [5.41, 5.74) is 0.371. The van der Waals surface area contributed by atoms with Crippen molar-refractivity contribution >= 4 is 38.4 Å². The number of nitrogens with zero attached hydrogens (tertiary/aromatic N) is 1. The lowest BCUT2D eigenvalue weighted by atomic mass is 9.95. The minimum Gasteiger partial charge on any atom is -0.465 e. The molecule has 0 unspecified atom stereocenters. The maximum absolute atomic E-state index is 14.2. The summed E-state index contributed by atoms with van der Waals surface area (Å²) >= 11 is 0. The van der Waals surface area contributed by atoms with Crippen LogP contribution in [0.1, 0.15) is 34.1 Å². The maximum atomic E-state index is 14.2. The zero-order valence-electron chi connectivity index (χ0n) is 20.5. The molecule has 198 valence electrons. The van der Waals surface area contributed by atoms with E-state index in [0.29, 0.717) is 11.8 Å². The standard InChI is InChI=1S/C27H22F3NO6S/c1-4-22(32)24-20-13-19(16-6-5-7-17(12-16)26(33)36-2)21(31(27(29)30)38(3,34)35)14-23(20)37-25(24)15-8-10-18(28)11-9-15/h5-14,27H,4H2,1-3H3. The lowest BCUT2D eigenvalue weighted by molar-refractivity contribution is 0.0600. The highest BCUT2D eigenvalue weighted by Gasteiger charge is 2.31. The van der Waals surface area contributed by atoms with Gasteiger partial charge in [-0.1, -0.05) is 19.1 Å². The molecule has 1 aromatic heterocycles. The van der Waals surface area contributed by atoms with Gasteiger partial charge in [0, 0.05) is 29.0 Å². The third kappa shape index (κ3) is 5.01. The average Bonchev–Trinajstić information content (AvgIpc) is 3.25. The van der Waals surface area contributed by atoms with Gasteiger partial charge in [0.25, 0.3) is 0 Å². The van der Waals surface area contributed by atoms with Crippen LogP contribution >= 0.6 is 0 Å². The van der Waals surface area contributed by atoms with Crippen molar-refractivity contribution < 1.29 is 40.3 Å². The monoisotopic (exact) mass is 545 g/mol. The number of ketones is 1. The number of rotatable bonds is 8. The van der Waals surface area contributed by atoms with E-state index in [0.717, 1.165) is 6.07 Å². The predicted octanol–water partition coefficient (Wildman–Crippen LogP) is 6.27. The second-order valence-corrected chi connectivity index (χ2v) is 10.2. The highest BCUT2D eigenvalue weighted by molar-refractivity contribution is 7.92. The van der Waals surface area contributed by atoms with Crippen LogP contribution in [-0.2, 0) is 14.8 Å². The van der Waals surface area contributed by atoms with E-state index in [1.54, 1.807) is 6.92 Å². The Labute approximate surface area is 216 Å². The third-order valence-corrected chi connectivity index (χ3v) is 6.95. The molecule has 4 rings (SSSR count). The number of hydrogen-bond acceptors (Lipinski definition) is 6. The molecule has 0 atom stereocenters. The molecular weight excluding hydrogens is 523 g/mol. The van der Waals surface area contributed by atoms with Crippen LogP contribution in [0.15, 0.2) is 65.1 Å². The quantitative estimate of drug-likeness (QED) is 0.147. The highest BCUT2D eigenvalue weighted by atomic mass is 32.2. The van der Waals surface area contributed by atoms with Gasteiger partial charge in [0.15, 0.2) is 5.78 Å². The Bertz CT molecular complexity index is 1650. The van der Waals surface area contributed by atoms with Crippen LogP contribution in [0.25, 0.3) is 33.4 Å². The normalized spacial score (nSPS) is 11.7. The summed E-state index contributed by atoms with van der Waals surface area (Å²) in [6.45, 7) is -1.82. The first-order valence-electron chi connectivity index (χ1n) is 11.3. The lowest BCUT2D eigenvalue weighted by Gasteiger charge is -2.24. The van der Waals surface area contributed by atoms with Crippen molar-refractivity contribution in [2.75, 3.05) is 17.7 Å². The summed E-state index contributed by atoms with van der Waals surface area (Å²) in [5, 5.41) is 0.237. The minimum absolute atomic E-state index is 0.00517. The van der Waals surface area contributed by atoms with Gasteiger partial charge in [-0.05, 0) is 48.0 Å². The summed E-state index contributed by atoms with van der Waals surface area (Å²) < 4.78 is 77.4. The van der Waals surface area contributed by atoms with Crippen molar-refractivity contribution in [2.45, 2.75) is 19.9 Å². The number of alkyl halides is 2. The van der Waals surface area contributed by atoms with Crippen molar-refractivity contribution in [1.29, 1.82) is 0 Å². The largest absolute Gasteiger partial charge is 0.465 e. The molecule has 1 heterocycles. The lowest BCUT2D eigenvalue weighted by Crippen LogP contribution is -2.35. The first-order chi connectivity index (χ1) is 18.0. The summed E-state index contributed by atoms with van der Waals surface area (Å²) in [5.74, 6) is -1.45. The van der Waals surface area contributed by atoms with E-state index in [2.05, 4.69) is 0 Å². The minimum atomic E-state index is -4.49. The topological polar surface area (TPSA) is 93.9 Å². The number of hydrogen-bond donors (Lipinski definition) is 0. The molecule has 7 nitrogen and oxygen atoms in total. The van der Waals surface area contributed by atoms with Crippen LogP contribution in [-0.4, -0.2) is 40.1 Å². The number of esters is 1. The molecule has 4 aromatic rings. The van der Waals surface area contributed by atoms with Crippen molar-refractivity contribution in [1.82, 2.24) is 0 Å². The fraction of sp³-hybridized carbons (Fsp3) is 0.185. The Morgan fingerprint density at radius 2 is 1.71 bits per heavy atom. The first-order valence-corrected chi connectivity index (χ1v) is 13.2. The Kier molecular flexibility index (Phi) is 7.32. The number of carbonyl (C=O) groups excluding carboxylic acids is 2. The molecule has 0 aliphatic heterocycles. The molecule has 0 aliphatic carbocycles. The van der Waals surface area contributed by atoms with Gasteiger partial charge in [-0.15, -0.1) is 0 Å². The molecule has 0 bridgehead atoms. The van der Waals surface area contributed by atoms with E-state index in [1.165, 1.54) is 61.7 Å². The summed E-state index contributed by atoms with van der Waals surface area (Å²) in [6, 6.07) is 13.5. The molecule has 0 amide bonds. The number of carbonyl (C=O) groups is 2. The number of furan rings is 1. The van der Waals surface area contributed by atoms with E-state index in [1.807, 2.05) is 0 Å². The summed E-state index contributed by atoms with van der Waals surface area (Å²) in [4.78, 5) is 25.2. The Morgan fingerprint density at radius 1 is 1.03 bits per heavy atom. The van der Waals surface area contributed by atoms with Crippen molar-refractivity contribution in [3.8, 4) is 22.5 Å². The predicted molar refractivity (Wildman–Crippen MR) is 136 cm³/mol. The molecule has 38 heavy (non-hydrogen) atoms. The molecular formula is C27H22F3NO6S. The van der Waals surface area contributed by atoms with Gasteiger partial charge in [-0.2, -0.15) is 8.78 Å². The Hall–Kier alpha value is -4.12. The van der Waals surface area contributed by atoms with Gasteiger partial charge >= 0.3 is 12.5 Å². The molecule has 0 saturated carbocycles. The molecule has 3 aromatic carbocycles. The van der Waals surface area contributed by atoms with Crippen LogP contribution in [0.4, 0.5) is 18.9 Å². The number of fused-ring (bicyclic) bond motifs is 1. The maximum Gasteiger partial charge on any atom is 0.337 e. The third-order valence-electron chi connectivity index (χ3n) is 5.88. The smallest absolute Gasteiger partial charge is 0.337 e. The van der Waals surface area contributed by atoms with Crippen LogP contribution in [0, 0.1) is 5.82 Å². The van der Waals surface area contributed by atoms with Crippen LogP contribution in [0.5, 0.6) is 0 Å². The molecule has 0 radical (unpaired) electrons. The van der Waals surface area contributed by atoms with E-state index >= 15 is 0 Å². The summed E-state index contributed by atoms with van der Waals surface area (Å²) in [7, 11) is -3.31. The van der Waals surface area contributed by atoms with E-state index in [4.69, 9.17) is 9.15 Å². The molecule has 0 fully saturated rings. The summed E-state index contributed by atoms with van der Waals surface area (Å²) in [6.07, 6.45) is 0.709. The number of benzene rings is 3. The van der Waals surface area contributed by atoms with Gasteiger partial charge in [-0.3, -0.25) is 4.79 Å². The van der Waals surface area contributed by atoms with Crippen LogP contribution < -0.4 is 4.31 Å². The Morgan fingerprint density at radius 3 is 2.29 bits per heavy atom. The molecule has 0 spiro atoms. The van der Waals surface area contributed by atoms with Gasteiger partial charge in [0.05, 0.1) is 30.2 Å². The second-order valence-electron chi connectivity index (χ2n) is 8.36. The molecule has 11 heteroatoms. The van der Waals surface area contributed by atoms with Crippen molar-refractivity contribution in [2.24, 2.45) is 0 Å². The van der Waals surface area contributed by atoms with Gasteiger partial charge in [0.1, 0.15) is 17.2 Å². The van der Waals surface area contributed by atoms with E-state index in [9.17, 15) is 31.2 Å². The molecule has 0 aliphatic rings. The number of anilines is 1. The number of Topliss-reactive ketones (excluding diaryl/α,β-unsaturated/α-hetero) is 1. The van der Waals surface area contributed by atoms with Crippen LogP contribution in [0.2, 0.25) is 0 Å². The number of sulfonamides is 1. The number of halogens is 3. The fourth-order valence-electron chi connectivity index (χ4n) is 4.16. The van der Waals surface area contributed by atoms with Gasteiger partial charge in [0.2, 0.25) is 10.0 Å². The van der Waals surface area contributed by atoms with Gasteiger partial charge in [-0.25, -0.2) is 21.9 Å². The zero-order chi connectivity index (χ0) is 27.8. The average molecular weight is 546 g/mol. The zero-order valence-corrected chi connectivity index (χ0v) is 21.3. The molecule has 0 N–H and O–H groups in total. The number of methoxy groups -OCH3 is 1. The first kappa shape index (κ1) is 26.9. The Balaban J connectivity index is 2.12. The molecule has 0 saturated heterocycles. The van der Waals surface area contributed by atoms with Crippen LogP contribution in [0.3, 0.4) is 0 Å². The SMILES string of the molecule is CCC(=O)c1c(-c2ccc(F)cc2)oc2cc(N(C(F)F)S(C)(=O)=O)c(-c3cccc(C(=O)OC)c3)cc12.